The van der Waals surface area contributed by atoms with E-state index in [1.54, 1.807) is 0 Å². The Morgan fingerprint density at radius 2 is 1.62 bits per heavy atom. The van der Waals surface area contributed by atoms with Crippen molar-refractivity contribution in [3.05, 3.63) is 42.0 Å². The van der Waals surface area contributed by atoms with Crippen LogP contribution >= 0.6 is 0 Å². The van der Waals surface area contributed by atoms with Crippen LogP contribution in [0, 0.1) is 30.6 Å². The van der Waals surface area contributed by atoms with Gasteiger partial charge in [-0.3, -0.25) is 24.2 Å². The van der Waals surface area contributed by atoms with E-state index in [1.807, 2.05) is 31.2 Å². The van der Waals surface area contributed by atoms with Crippen molar-refractivity contribution >= 4 is 23.4 Å². The normalized spacial score (nSPS) is 30.2. The number of nitrogens with zero attached hydrogens (tertiary/aromatic N) is 2. The van der Waals surface area contributed by atoms with Crippen LogP contribution in [-0.2, 0) is 14.4 Å². The van der Waals surface area contributed by atoms with E-state index in [0.717, 1.165) is 12.0 Å². The molecule has 5 nitrogen and oxygen atoms in total. The van der Waals surface area contributed by atoms with Crippen LogP contribution < -0.4 is 4.90 Å². The summed E-state index contributed by atoms with van der Waals surface area (Å²) in [5, 5.41) is 0. The Morgan fingerprint density at radius 3 is 2.12 bits per heavy atom. The molecule has 3 amide bonds. The van der Waals surface area contributed by atoms with Gasteiger partial charge in [-0.15, -0.1) is 0 Å². The molecule has 1 aromatic rings. The van der Waals surface area contributed by atoms with Crippen LogP contribution in [0.1, 0.15) is 18.9 Å². The molecule has 3 aliphatic rings. The fourth-order valence-electron chi connectivity index (χ4n) is 4.33. The highest BCUT2D eigenvalue weighted by Gasteiger charge is 2.59. The number of imide groups is 1. The van der Waals surface area contributed by atoms with E-state index in [4.69, 9.17) is 0 Å². The summed E-state index contributed by atoms with van der Waals surface area (Å²) < 4.78 is 0. The number of anilines is 1. The number of allylic oxidation sites excluding steroid dienone is 2. The van der Waals surface area contributed by atoms with Crippen LogP contribution in [0.3, 0.4) is 0 Å². The lowest BCUT2D eigenvalue weighted by molar-refractivity contribution is -0.140. The van der Waals surface area contributed by atoms with E-state index < -0.39 is 0 Å². The van der Waals surface area contributed by atoms with Gasteiger partial charge in [0.15, 0.2) is 0 Å². The summed E-state index contributed by atoms with van der Waals surface area (Å²) in [7, 11) is 0. The standard InChI is InChI=1S/C19H20N2O3/c1-11-3-7-15(8-4-11)20(12(2)22)10-21-18(23)16-13-5-6-14(9-13)17(16)19(21)24/h3-8,13-14,16-17H,9-10H2,1-2H3/t13-,14+,16-,17-/m0/s1. The van der Waals surface area contributed by atoms with E-state index in [-0.39, 0.29) is 48.1 Å². The molecule has 1 saturated heterocycles. The number of carbonyl (C=O) groups excluding carboxylic acids is 3. The van der Waals surface area contributed by atoms with Crippen molar-refractivity contribution in [2.75, 3.05) is 11.6 Å². The summed E-state index contributed by atoms with van der Waals surface area (Å²) in [6, 6.07) is 7.51. The predicted octanol–water partition coefficient (Wildman–Crippen LogP) is 2.11. The molecule has 24 heavy (non-hydrogen) atoms. The Kier molecular flexibility index (Phi) is 3.34. The highest BCUT2D eigenvalue weighted by atomic mass is 16.2. The number of hydrogen-bond donors (Lipinski definition) is 0. The monoisotopic (exact) mass is 324 g/mol. The maximum Gasteiger partial charge on any atom is 0.235 e. The van der Waals surface area contributed by atoms with E-state index >= 15 is 0 Å². The first kappa shape index (κ1) is 15.1. The van der Waals surface area contributed by atoms with E-state index in [9.17, 15) is 14.4 Å². The summed E-state index contributed by atoms with van der Waals surface area (Å²) in [6.45, 7) is 3.43. The SMILES string of the molecule is CC(=O)N(CN1C(=O)[C@@H]2[C@@H](C1=O)[C@H]1C=C[C@@H]2C1)c1ccc(C)cc1. The molecule has 4 rings (SSSR count). The van der Waals surface area contributed by atoms with Gasteiger partial charge in [-0.1, -0.05) is 29.8 Å². The minimum atomic E-state index is -0.223. The van der Waals surface area contributed by atoms with Gasteiger partial charge in [-0.05, 0) is 37.3 Å². The minimum Gasteiger partial charge on any atom is -0.294 e. The second kappa shape index (κ2) is 5.30. The second-order valence-electron chi connectivity index (χ2n) is 7.03. The summed E-state index contributed by atoms with van der Waals surface area (Å²) >= 11 is 0. The van der Waals surface area contributed by atoms with Crippen molar-refractivity contribution in [3.63, 3.8) is 0 Å². The number of aryl methyl sites for hydroxylation is 1. The molecule has 4 atom stereocenters. The molecule has 0 spiro atoms. The van der Waals surface area contributed by atoms with Gasteiger partial charge in [0.05, 0.1) is 11.8 Å². The summed E-state index contributed by atoms with van der Waals surface area (Å²) in [6.07, 6.45) is 5.06. The number of fused-ring (bicyclic) bond motifs is 5. The van der Waals surface area contributed by atoms with Crippen LogP contribution in [0.25, 0.3) is 0 Å². The largest absolute Gasteiger partial charge is 0.294 e. The molecular weight excluding hydrogens is 304 g/mol. The smallest absolute Gasteiger partial charge is 0.235 e. The lowest BCUT2D eigenvalue weighted by Gasteiger charge is -2.27. The van der Waals surface area contributed by atoms with Gasteiger partial charge in [0, 0.05) is 12.6 Å². The Labute approximate surface area is 140 Å². The second-order valence-corrected chi connectivity index (χ2v) is 7.03. The first-order valence-corrected chi connectivity index (χ1v) is 8.35. The van der Waals surface area contributed by atoms with Crippen molar-refractivity contribution < 1.29 is 14.4 Å². The quantitative estimate of drug-likeness (QED) is 0.632. The van der Waals surface area contributed by atoms with E-state index in [1.165, 1.54) is 16.7 Å². The van der Waals surface area contributed by atoms with E-state index in [0.29, 0.717) is 5.69 Å². The highest BCUT2D eigenvalue weighted by molar-refractivity contribution is 6.07. The first-order chi connectivity index (χ1) is 11.5. The lowest BCUT2D eigenvalue weighted by Crippen LogP contribution is -2.44. The van der Waals surface area contributed by atoms with Gasteiger partial charge in [0.2, 0.25) is 17.7 Å². The molecular formula is C19H20N2O3. The van der Waals surface area contributed by atoms with Crippen molar-refractivity contribution in [3.8, 4) is 0 Å². The van der Waals surface area contributed by atoms with E-state index in [2.05, 4.69) is 12.2 Å². The van der Waals surface area contributed by atoms with Gasteiger partial charge in [-0.2, -0.15) is 0 Å². The first-order valence-electron chi connectivity index (χ1n) is 8.35. The van der Waals surface area contributed by atoms with Crippen molar-refractivity contribution in [2.24, 2.45) is 23.7 Å². The van der Waals surface area contributed by atoms with Crippen LogP contribution in [0.4, 0.5) is 5.69 Å². The highest BCUT2D eigenvalue weighted by Crippen LogP contribution is 2.52. The molecule has 1 saturated carbocycles. The Balaban J connectivity index is 1.60. The average molecular weight is 324 g/mol. The zero-order chi connectivity index (χ0) is 17.0. The predicted molar refractivity (Wildman–Crippen MR) is 88.8 cm³/mol. The molecule has 2 aliphatic carbocycles. The Morgan fingerprint density at radius 1 is 1.08 bits per heavy atom. The zero-order valence-electron chi connectivity index (χ0n) is 13.8. The molecule has 0 radical (unpaired) electrons. The summed E-state index contributed by atoms with van der Waals surface area (Å²) in [5.74, 6) is -0.505. The molecule has 0 unspecified atom stereocenters. The molecule has 5 heteroatoms. The van der Waals surface area contributed by atoms with Gasteiger partial charge < -0.3 is 0 Å². The van der Waals surface area contributed by atoms with Crippen LogP contribution in [0.15, 0.2) is 36.4 Å². The lowest BCUT2D eigenvalue weighted by atomic mass is 9.85. The maximum atomic E-state index is 12.8. The maximum absolute atomic E-state index is 12.8. The Bertz CT molecular complexity index is 722. The fourth-order valence-corrected chi connectivity index (χ4v) is 4.33. The number of benzene rings is 1. The Hall–Kier alpha value is -2.43. The average Bonchev–Trinajstić information content (AvgIpc) is 3.22. The number of likely N-dealkylation sites (tertiary alicyclic amines) is 1. The van der Waals surface area contributed by atoms with Crippen molar-refractivity contribution in [1.82, 2.24) is 4.90 Å². The summed E-state index contributed by atoms with van der Waals surface area (Å²) in [5.41, 5.74) is 1.79. The number of amides is 3. The molecule has 0 aromatic heterocycles. The van der Waals surface area contributed by atoms with Crippen molar-refractivity contribution in [2.45, 2.75) is 20.3 Å². The third-order valence-electron chi connectivity index (χ3n) is 5.57. The zero-order valence-corrected chi connectivity index (χ0v) is 13.8. The van der Waals surface area contributed by atoms with Crippen LogP contribution in [-0.4, -0.2) is 29.3 Å². The van der Waals surface area contributed by atoms with Gasteiger partial charge in [0.1, 0.15) is 6.67 Å². The van der Waals surface area contributed by atoms with Crippen molar-refractivity contribution in [1.29, 1.82) is 0 Å². The van der Waals surface area contributed by atoms with Crippen LogP contribution in [0.5, 0.6) is 0 Å². The number of hydrogen-bond acceptors (Lipinski definition) is 3. The van der Waals surface area contributed by atoms with Crippen LogP contribution in [0.2, 0.25) is 0 Å². The molecule has 2 fully saturated rings. The van der Waals surface area contributed by atoms with Gasteiger partial charge >= 0.3 is 0 Å². The van der Waals surface area contributed by atoms with Gasteiger partial charge in [-0.25, -0.2) is 0 Å². The third kappa shape index (κ3) is 2.11. The molecule has 1 aromatic carbocycles. The topological polar surface area (TPSA) is 57.7 Å². The van der Waals surface area contributed by atoms with Gasteiger partial charge in [0.25, 0.3) is 0 Å². The molecule has 2 bridgehead atoms. The third-order valence-corrected chi connectivity index (χ3v) is 5.57. The minimum absolute atomic E-state index is 0.00248. The molecule has 124 valence electrons. The fraction of sp³-hybridized carbons (Fsp3) is 0.421. The molecule has 0 N–H and O–H groups in total. The molecule has 1 heterocycles. The number of carbonyl (C=O) groups is 3. The molecule has 1 aliphatic heterocycles. The summed E-state index contributed by atoms with van der Waals surface area (Å²) in [4.78, 5) is 40.4. The number of rotatable bonds is 3.